The molecule has 6 heteroatoms. The molecule has 1 aromatic heterocycles. The van der Waals surface area contributed by atoms with Gasteiger partial charge in [0.2, 0.25) is 5.78 Å². The molecule has 3 aromatic rings. The van der Waals surface area contributed by atoms with Gasteiger partial charge in [-0.3, -0.25) is 14.2 Å². The Bertz CT molecular complexity index is 1010. The molecule has 0 radical (unpaired) electrons. The molecule has 2 aromatic carbocycles. The Kier molecular flexibility index (Phi) is 2.80. The van der Waals surface area contributed by atoms with Gasteiger partial charge >= 0.3 is 0 Å². The Balaban J connectivity index is 2.20. The Labute approximate surface area is 141 Å². The summed E-state index contributed by atoms with van der Waals surface area (Å²) in [4.78, 5) is 29.7. The highest BCUT2D eigenvalue weighted by Crippen LogP contribution is 2.29. The maximum atomic E-state index is 12.7. The van der Waals surface area contributed by atoms with Gasteiger partial charge in [0.15, 0.2) is 5.82 Å². The van der Waals surface area contributed by atoms with E-state index in [-0.39, 0.29) is 17.2 Å². The van der Waals surface area contributed by atoms with Crippen LogP contribution >= 0.6 is 38.5 Å². The van der Waals surface area contributed by atoms with Crippen molar-refractivity contribution in [2.75, 3.05) is 0 Å². The molecule has 4 nitrogen and oxygen atoms in total. The molecule has 1 aliphatic rings. The van der Waals surface area contributed by atoms with Crippen LogP contribution in [-0.4, -0.2) is 15.3 Å². The second-order valence-electron chi connectivity index (χ2n) is 4.70. The van der Waals surface area contributed by atoms with Gasteiger partial charge in [-0.2, -0.15) is 0 Å². The lowest BCUT2D eigenvalue weighted by atomic mass is 10.1. The normalized spacial score (nSPS) is 12.6. The van der Waals surface area contributed by atoms with Crippen LogP contribution in [0.25, 0.3) is 16.6 Å². The number of para-hydroxylation sites is 1. The first-order valence-electron chi connectivity index (χ1n) is 6.14. The molecule has 0 aliphatic carbocycles. The van der Waals surface area contributed by atoms with E-state index in [2.05, 4.69) is 43.5 Å². The summed E-state index contributed by atoms with van der Waals surface area (Å²) in [5.41, 5.74) is 1.47. The van der Waals surface area contributed by atoms with Gasteiger partial charge < -0.3 is 0 Å². The van der Waals surface area contributed by atoms with E-state index in [1.54, 1.807) is 18.2 Å². The fourth-order valence-corrected chi connectivity index (χ4v) is 3.54. The van der Waals surface area contributed by atoms with E-state index in [1.165, 1.54) is 4.57 Å². The van der Waals surface area contributed by atoms with Gasteiger partial charge in [-0.15, -0.1) is 0 Å². The number of hydrogen-bond donors (Lipinski definition) is 0. The second-order valence-corrected chi connectivity index (χ2v) is 6.78. The predicted molar refractivity (Wildman–Crippen MR) is 91.2 cm³/mol. The number of nitrogens with zero attached hydrogens (tertiary/aromatic N) is 2. The van der Waals surface area contributed by atoms with E-state index in [4.69, 9.17) is 0 Å². The number of halogens is 2. The van der Waals surface area contributed by atoms with Crippen molar-refractivity contribution in [1.29, 1.82) is 0 Å². The van der Waals surface area contributed by atoms with Gasteiger partial charge in [0.25, 0.3) is 5.56 Å². The smallest absolute Gasteiger partial charge is 0.266 e. The fraction of sp³-hybridized carbons (Fsp3) is 0. The van der Waals surface area contributed by atoms with Gasteiger partial charge in [-0.05, 0) is 52.9 Å². The number of fused-ring (bicyclic) bond motifs is 4. The predicted octanol–water partition coefficient (Wildman–Crippen LogP) is 3.30. The van der Waals surface area contributed by atoms with Crippen LogP contribution in [0.1, 0.15) is 16.2 Å². The Hall–Kier alpha value is -1.54. The quantitative estimate of drug-likeness (QED) is 0.385. The molecule has 0 unspecified atom stereocenters. The second kappa shape index (κ2) is 4.48. The molecule has 2 heterocycles. The lowest BCUT2D eigenvalue weighted by Crippen LogP contribution is -2.21. The molecule has 0 atom stereocenters. The molecule has 0 bridgehead atoms. The molecule has 102 valence electrons. The zero-order valence-corrected chi connectivity index (χ0v) is 14.2. The van der Waals surface area contributed by atoms with E-state index in [9.17, 15) is 9.59 Å². The van der Waals surface area contributed by atoms with Crippen LogP contribution in [0.5, 0.6) is 0 Å². The average molecular weight is 453 g/mol. The fourth-order valence-electron chi connectivity index (χ4n) is 2.56. The zero-order valence-electron chi connectivity index (χ0n) is 10.4. The van der Waals surface area contributed by atoms with Crippen LogP contribution in [0.15, 0.2) is 45.7 Å². The van der Waals surface area contributed by atoms with Crippen LogP contribution in [0.4, 0.5) is 0 Å². The molecular formula is C15H6BrIN2O2. The summed E-state index contributed by atoms with van der Waals surface area (Å²) in [6.07, 6.45) is 0. The van der Waals surface area contributed by atoms with Gasteiger partial charge in [0.05, 0.1) is 22.2 Å². The minimum atomic E-state index is -0.218. The molecule has 0 saturated heterocycles. The summed E-state index contributed by atoms with van der Waals surface area (Å²) >= 11 is 5.47. The van der Waals surface area contributed by atoms with Crippen molar-refractivity contribution in [2.45, 2.75) is 0 Å². The molecule has 0 saturated carbocycles. The van der Waals surface area contributed by atoms with Crippen molar-refractivity contribution in [3.05, 3.63) is 66.2 Å². The molecule has 21 heavy (non-hydrogen) atoms. The minimum absolute atomic E-state index is 0.185. The minimum Gasteiger partial charge on any atom is -0.285 e. The number of aromatic nitrogens is 2. The monoisotopic (exact) mass is 452 g/mol. The summed E-state index contributed by atoms with van der Waals surface area (Å²) in [5, 5.41) is 0.522. The summed E-state index contributed by atoms with van der Waals surface area (Å²) in [6.45, 7) is 0. The number of hydrogen-bond acceptors (Lipinski definition) is 3. The molecule has 0 amide bonds. The lowest BCUT2D eigenvalue weighted by molar-refractivity contribution is 0.103. The first kappa shape index (κ1) is 13.1. The highest BCUT2D eigenvalue weighted by Gasteiger charge is 2.30. The van der Waals surface area contributed by atoms with Gasteiger partial charge in [0, 0.05) is 8.04 Å². The molecule has 0 fully saturated rings. The van der Waals surface area contributed by atoms with E-state index in [0.29, 0.717) is 22.2 Å². The van der Waals surface area contributed by atoms with Gasteiger partial charge in [-0.25, -0.2) is 4.98 Å². The number of ketones is 1. The van der Waals surface area contributed by atoms with E-state index in [1.807, 2.05) is 18.2 Å². The number of rotatable bonds is 0. The maximum Gasteiger partial charge on any atom is 0.266 e. The highest BCUT2D eigenvalue weighted by molar-refractivity contribution is 14.1. The third kappa shape index (κ3) is 1.75. The van der Waals surface area contributed by atoms with Crippen molar-refractivity contribution in [1.82, 2.24) is 9.55 Å². The Morgan fingerprint density at radius 3 is 2.76 bits per heavy atom. The standard InChI is InChI=1S/C15H6BrIN2O2/c16-7-4-5-11-9(6-7)13(20)14-18-12-8(15(21)19(11)14)2-1-3-10(12)17/h1-6H. The number of carbonyl (C=O) groups is 1. The van der Waals surface area contributed by atoms with Gasteiger partial charge in [-0.1, -0.05) is 22.0 Å². The van der Waals surface area contributed by atoms with Crippen molar-refractivity contribution in [2.24, 2.45) is 0 Å². The Morgan fingerprint density at radius 1 is 1.14 bits per heavy atom. The first-order chi connectivity index (χ1) is 10.1. The van der Waals surface area contributed by atoms with Crippen LogP contribution in [0.2, 0.25) is 0 Å². The molecule has 1 aliphatic heterocycles. The lowest BCUT2D eigenvalue weighted by Gasteiger charge is -2.06. The van der Waals surface area contributed by atoms with E-state index >= 15 is 0 Å². The molecule has 0 N–H and O–H groups in total. The van der Waals surface area contributed by atoms with Crippen LogP contribution in [0, 0.1) is 3.57 Å². The van der Waals surface area contributed by atoms with Crippen molar-refractivity contribution < 1.29 is 4.79 Å². The summed E-state index contributed by atoms with van der Waals surface area (Å²) in [7, 11) is 0. The van der Waals surface area contributed by atoms with E-state index < -0.39 is 0 Å². The van der Waals surface area contributed by atoms with Crippen molar-refractivity contribution in [3.63, 3.8) is 0 Å². The summed E-state index contributed by atoms with van der Waals surface area (Å²) < 4.78 is 3.06. The van der Waals surface area contributed by atoms with Crippen molar-refractivity contribution in [3.8, 4) is 5.69 Å². The van der Waals surface area contributed by atoms with Crippen LogP contribution in [-0.2, 0) is 0 Å². The zero-order chi connectivity index (χ0) is 14.7. The number of benzene rings is 2. The molecule has 0 spiro atoms. The average Bonchev–Trinajstić information content (AvgIpc) is 2.74. The summed E-state index contributed by atoms with van der Waals surface area (Å²) in [6, 6.07) is 10.7. The topological polar surface area (TPSA) is 52.0 Å². The van der Waals surface area contributed by atoms with Crippen LogP contribution < -0.4 is 5.56 Å². The third-order valence-corrected chi connectivity index (χ3v) is 4.86. The van der Waals surface area contributed by atoms with Crippen molar-refractivity contribution >= 4 is 55.2 Å². The largest absolute Gasteiger partial charge is 0.285 e. The molecular weight excluding hydrogens is 447 g/mol. The third-order valence-electron chi connectivity index (χ3n) is 3.50. The SMILES string of the molecule is O=C1c2cc(Br)ccc2-n2c1nc1c(I)cccc1c2=O. The first-order valence-corrected chi connectivity index (χ1v) is 8.01. The highest BCUT2D eigenvalue weighted by atomic mass is 127. The maximum absolute atomic E-state index is 12.7. The number of carbonyl (C=O) groups excluding carboxylic acids is 1. The Morgan fingerprint density at radius 2 is 1.95 bits per heavy atom. The summed E-state index contributed by atoms with van der Waals surface area (Å²) in [5.74, 6) is -0.0327. The van der Waals surface area contributed by atoms with Crippen LogP contribution in [0.3, 0.4) is 0 Å². The van der Waals surface area contributed by atoms with E-state index in [0.717, 1.165) is 8.04 Å². The van der Waals surface area contributed by atoms with Gasteiger partial charge in [0.1, 0.15) is 0 Å². The molecule has 4 rings (SSSR count).